The number of fused-ring (bicyclic) bond motifs is 1. The molecule has 25 heavy (non-hydrogen) atoms. The van der Waals surface area contributed by atoms with Gasteiger partial charge < -0.3 is 9.80 Å². The topological polar surface area (TPSA) is 36.4 Å². The van der Waals surface area contributed by atoms with Crippen molar-refractivity contribution in [2.45, 2.75) is 0 Å². The molecular formula is C18H15ClFN3OS. The SMILES string of the molecule is O=C(c1cccc(F)c1)N1CCN(c2nc3ccc(Cl)cc3s2)CC1. The van der Waals surface area contributed by atoms with Crippen LogP contribution in [0.5, 0.6) is 0 Å². The Hall–Kier alpha value is -2.18. The molecule has 128 valence electrons. The van der Waals surface area contributed by atoms with Crippen LogP contribution in [-0.2, 0) is 0 Å². The lowest BCUT2D eigenvalue weighted by Gasteiger charge is -2.34. The molecule has 0 spiro atoms. The first-order valence-electron chi connectivity index (χ1n) is 7.96. The predicted molar refractivity (Wildman–Crippen MR) is 99.1 cm³/mol. The minimum Gasteiger partial charge on any atom is -0.345 e. The van der Waals surface area contributed by atoms with Gasteiger partial charge in [0.2, 0.25) is 0 Å². The number of nitrogens with zero attached hydrogens (tertiary/aromatic N) is 3. The third-order valence-electron chi connectivity index (χ3n) is 4.25. The van der Waals surface area contributed by atoms with Gasteiger partial charge in [-0.1, -0.05) is 29.0 Å². The number of rotatable bonds is 2. The van der Waals surface area contributed by atoms with Gasteiger partial charge in [-0.3, -0.25) is 4.79 Å². The van der Waals surface area contributed by atoms with E-state index < -0.39 is 5.82 Å². The van der Waals surface area contributed by atoms with Crippen LogP contribution in [0.4, 0.5) is 9.52 Å². The molecule has 3 aromatic rings. The summed E-state index contributed by atoms with van der Waals surface area (Å²) in [5.74, 6) is -0.521. The predicted octanol–water partition coefficient (Wildman–Crippen LogP) is 4.05. The first-order chi connectivity index (χ1) is 12.1. The van der Waals surface area contributed by atoms with Gasteiger partial charge in [-0.15, -0.1) is 0 Å². The van der Waals surface area contributed by atoms with Gasteiger partial charge in [0.25, 0.3) is 5.91 Å². The van der Waals surface area contributed by atoms with Crippen molar-refractivity contribution in [3.05, 3.63) is 58.9 Å². The summed E-state index contributed by atoms with van der Waals surface area (Å²) in [6.07, 6.45) is 0. The first kappa shape index (κ1) is 16.3. The Morgan fingerprint density at radius 2 is 1.92 bits per heavy atom. The molecule has 4 nitrogen and oxygen atoms in total. The second kappa shape index (κ2) is 6.61. The van der Waals surface area contributed by atoms with E-state index in [4.69, 9.17) is 11.6 Å². The zero-order valence-corrected chi connectivity index (χ0v) is 14.9. The smallest absolute Gasteiger partial charge is 0.254 e. The van der Waals surface area contributed by atoms with Crippen LogP contribution in [0.2, 0.25) is 5.02 Å². The second-order valence-corrected chi connectivity index (χ2v) is 7.34. The molecule has 1 fully saturated rings. The minimum absolute atomic E-state index is 0.129. The number of thiazole rings is 1. The largest absolute Gasteiger partial charge is 0.345 e. The van der Waals surface area contributed by atoms with Crippen LogP contribution < -0.4 is 4.90 Å². The lowest BCUT2D eigenvalue weighted by Crippen LogP contribution is -2.48. The molecule has 7 heteroatoms. The molecule has 1 amide bonds. The minimum atomic E-state index is -0.391. The molecule has 0 aliphatic carbocycles. The molecule has 0 bridgehead atoms. The van der Waals surface area contributed by atoms with Crippen LogP contribution in [0.15, 0.2) is 42.5 Å². The molecule has 1 aliphatic heterocycles. The highest BCUT2D eigenvalue weighted by atomic mass is 35.5. The summed E-state index contributed by atoms with van der Waals surface area (Å²) >= 11 is 7.63. The fourth-order valence-corrected chi connectivity index (χ4v) is 4.22. The number of aromatic nitrogens is 1. The summed E-state index contributed by atoms with van der Waals surface area (Å²) in [4.78, 5) is 21.1. The number of piperazine rings is 1. The van der Waals surface area contributed by atoms with E-state index in [2.05, 4.69) is 9.88 Å². The number of hydrogen-bond acceptors (Lipinski definition) is 4. The molecule has 1 aliphatic rings. The van der Waals surface area contributed by atoms with E-state index in [9.17, 15) is 9.18 Å². The van der Waals surface area contributed by atoms with Crippen molar-refractivity contribution in [1.29, 1.82) is 0 Å². The van der Waals surface area contributed by atoms with Crippen molar-refractivity contribution in [1.82, 2.24) is 9.88 Å². The Balaban J connectivity index is 1.46. The van der Waals surface area contributed by atoms with Gasteiger partial charge in [0.1, 0.15) is 5.82 Å². The highest BCUT2D eigenvalue weighted by Gasteiger charge is 2.24. The van der Waals surface area contributed by atoms with Crippen LogP contribution in [0.1, 0.15) is 10.4 Å². The number of benzene rings is 2. The summed E-state index contributed by atoms with van der Waals surface area (Å²) in [6.45, 7) is 2.58. The lowest BCUT2D eigenvalue weighted by molar-refractivity contribution is 0.0746. The van der Waals surface area contributed by atoms with Gasteiger partial charge >= 0.3 is 0 Å². The van der Waals surface area contributed by atoms with Crippen molar-refractivity contribution >= 4 is 44.2 Å². The highest BCUT2D eigenvalue weighted by Crippen LogP contribution is 2.31. The molecule has 4 rings (SSSR count). The number of hydrogen-bond donors (Lipinski definition) is 0. The average Bonchev–Trinajstić information content (AvgIpc) is 3.04. The molecule has 2 aromatic carbocycles. The zero-order valence-electron chi connectivity index (χ0n) is 13.3. The fourth-order valence-electron chi connectivity index (χ4n) is 2.93. The highest BCUT2D eigenvalue weighted by molar-refractivity contribution is 7.22. The maximum absolute atomic E-state index is 13.3. The molecule has 1 aromatic heterocycles. The molecular weight excluding hydrogens is 361 g/mol. The van der Waals surface area contributed by atoms with Crippen molar-refractivity contribution < 1.29 is 9.18 Å². The van der Waals surface area contributed by atoms with Crippen molar-refractivity contribution in [2.75, 3.05) is 31.1 Å². The number of carbonyl (C=O) groups excluding carboxylic acids is 1. The number of halogens is 2. The maximum atomic E-state index is 13.3. The van der Waals surface area contributed by atoms with E-state index in [0.29, 0.717) is 36.8 Å². The standard InChI is InChI=1S/C18H15ClFN3OS/c19-13-4-5-15-16(11-13)25-18(21-15)23-8-6-22(7-9-23)17(24)12-2-1-3-14(20)10-12/h1-5,10-11H,6-9H2. The molecule has 0 radical (unpaired) electrons. The second-order valence-electron chi connectivity index (χ2n) is 5.90. The molecule has 0 unspecified atom stereocenters. The van der Waals surface area contributed by atoms with Crippen molar-refractivity contribution in [2.24, 2.45) is 0 Å². The molecule has 1 saturated heterocycles. The summed E-state index contributed by atoms with van der Waals surface area (Å²) in [5, 5.41) is 1.64. The summed E-state index contributed by atoms with van der Waals surface area (Å²) < 4.78 is 14.4. The van der Waals surface area contributed by atoms with Gasteiger partial charge in [0, 0.05) is 36.8 Å². The van der Waals surface area contributed by atoms with Gasteiger partial charge in [0.05, 0.1) is 10.2 Å². The normalized spacial score (nSPS) is 15.0. The van der Waals surface area contributed by atoms with Crippen molar-refractivity contribution in [3.63, 3.8) is 0 Å². The van der Waals surface area contributed by atoms with E-state index in [1.165, 1.54) is 12.1 Å². The third kappa shape index (κ3) is 3.32. The van der Waals surface area contributed by atoms with E-state index in [-0.39, 0.29) is 5.91 Å². The van der Waals surface area contributed by atoms with Gasteiger partial charge in [-0.25, -0.2) is 9.37 Å². The summed E-state index contributed by atoms with van der Waals surface area (Å²) in [7, 11) is 0. The number of anilines is 1. The lowest BCUT2D eigenvalue weighted by atomic mass is 10.2. The Bertz CT molecular complexity index is 937. The Morgan fingerprint density at radius 1 is 1.12 bits per heavy atom. The fraction of sp³-hybridized carbons (Fsp3) is 0.222. The molecule has 0 N–H and O–H groups in total. The Labute approximate surface area is 153 Å². The summed E-state index contributed by atoms with van der Waals surface area (Å²) in [5.41, 5.74) is 1.32. The van der Waals surface area contributed by atoms with E-state index in [1.807, 2.05) is 18.2 Å². The number of carbonyl (C=O) groups is 1. The van der Waals surface area contributed by atoms with Crippen LogP contribution in [0, 0.1) is 5.82 Å². The average molecular weight is 376 g/mol. The van der Waals surface area contributed by atoms with Gasteiger partial charge in [-0.2, -0.15) is 0 Å². The number of amides is 1. The quantitative estimate of drug-likeness (QED) is 0.678. The van der Waals surface area contributed by atoms with E-state index in [0.717, 1.165) is 15.3 Å². The monoisotopic (exact) mass is 375 g/mol. The van der Waals surface area contributed by atoms with E-state index >= 15 is 0 Å². The Morgan fingerprint density at radius 3 is 2.68 bits per heavy atom. The van der Waals surface area contributed by atoms with Crippen LogP contribution in [0.25, 0.3) is 10.2 Å². The van der Waals surface area contributed by atoms with Gasteiger partial charge in [0.15, 0.2) is 5.13 Å². The zero-order chi connectivity index (χ0) is 17.4. The summed E-state index contributed by atoms with van der Waals surface area (Å²) in [6, 6.07) is 11.5. The van der Waals surface area contributed by atoms with Crippen LogP contribution in [0.3, 0.4) is 0 Å². The molecule has 0 atom stereocenters. The molecule has 2 heterocycles. The van der Waals surface area contributed by atoms with E-state index in [1.54, 1.807) is 28.4 Å². The van der Waals surface area contributed by atoms with Crippen LogP contribution >= 0.6 is 22.9 Å². The van der Waals surface area contributed by atoms with Crippen molar-refractivity contribution in [3.8, 4) is 0 Å². The van der Waals surface area contributed by atoms with Gasteiger partial charge in [-0.05, 0) is 36.4 Å². The third-order valence-corrected chi connectivity index (χ3v) is 5.56. The maximum Gasteiger partial charge on any atom is 0.254 e. The molecule has 0 saturated carbocycles. The first-order valence-corrected chi connectivity index (χ1v) is 9.15. The Kier molecular flexibility index (Phi) is 4.31. The van der Waals surface area contributed by atoms with Crippen LogP contribution in [-0.4, -0.2) is 42.0 Å².